The van der Waals surface area contributed by atoms with E-state index in [1.165, 1.54) is 44.1 Å². The van der Waals surface area contributed by atoms with Crippen LogP contribution in [0.1, 0.15) is 54.4 Å². The van der Waals surface area contributed by atoms with Crippen molar-refractivity contribution >= 4 is 5.91 Å². The fraction of sp³-hybridized carbons (Fsp3) is 0.611. The highest BCUT2D eigenvalue weighted by Crippen LogP contribution is 2.61. The van der Waals surface area contributed by atoms with E-state index in [1.54, 1.807) is 13.2 Å². The van der Waals surface area contributed by atoms with Crippen LogP contribution in [0, 0.1) is 17.8 Å². The van der Waals surface area contributed by atoms with Crippen LogP contribution in [-0.4, -0.2) is 13.0 Å². The highest BCUT2D eigenvalue weighted by Gasteiger charge is 2.52. The molecule has 1 amide bonds. The average Bonchev–Trinajstić information content (AvgIpc) is 2.45. The Labute approximate surface area is 125 Å². The lowest BCUT2D eigenvalue weighted by molar-refractivity contribution is -0.00617. The first-order valence-electron chi connectivity index (χ1n) is 8.08. The number of nitrogens with two attached hydrogens (primary N) is 1. The quantitative estimate of drug-likeness (QED) is 0.926. The molecule has 112 valence electrons. The molecule has 0 aromatic heterocycles. The second-order valence-corrected chi connectivity index (χ2v) is 7.48. The summed E-state index contributed by atoms with van der Waals surface area (Å²) >= 11 is 0. The van der Waals surface area contributed by atoms with Gasteiger partial charge in [0.2, 0.25) is 5.91 Å². The molecule has 4 aliphatic rings. The molecule has 0 spiro atoms. The smallest absolute Gasteiger partial charge is 0.248 e. The normalized spacial score (nSPS) is 36.7. The fourth-order valence-corrected chi connectivity index (χ4v) is 5.72. The minimum Gasteiger partial charge on any atom is -0.496 e. The lowest BCUT2D eigenvalue weighted by atomic mass is 9.48. The van der Waals surface area contributed by atoms with Gasteiger partial charge < -0.3 is 10.5 Å². The molecule has 1 aromatic rings. The molecule has 5 rings (SSSR count). The molecule has 1 aromatic carbocycles. The van der Waals surface area contributed by atoms with Crippen molar-refractivity contribution < 1.29 is 9.53 Å². The van der Waals surface area contributed by atoms with Gasteiger partial charge in [-0.25, -0.2) is 0 Å². The number of methoxy groups -OCH3 is 1. The Balaban J connectivity index is 1.81. The third kappa shape index (κ3) is 1.97. The Morgan fingerprint density at radius 1 is 1.14 bits per heavy atom. The lowest BCUT2D eigenvalue weighted by Gasteiger charge is -2.57. The molecular weight excluding hydrogens is 262 g/mol. The van der Waals surface area contributed by atoms with E-state index < -0.39 is 0 Å². The van der Waals surface area contributed by atoms with Crippen molar-refractivity contribution in [3.8, 4) is 5.75 Å². The zero-order valence-corrected chi connectivity index (χ0v) is 12.6. The second kappa shape index (κ2) is 4.49. The Kier molecular flexibility index (Phi) is 2.82. The maximum Gasteiger partial charge on any atom is 0.248 e. The topological polar surface area (TPSA) is 52.3 Å². The number of primary amides is 1. The maximum atomic E-state index is 11.6. The summed E-state index contributed by atoms with van der Waals surface area (Å²) in [7, 11) is 1.73. The van der Waals surface area contributed by atoms with Crippen molar-refractivity contribution in [2.45, 2.75) is 43.9 Å². The number of carbonyl (C=O) groups excluding carboxylic acids is 1. The summed E-state index contributed by atoms with van der Waals surface area (Å²) in [6, 6.07) is 5.72. The van der Waals surface area contributed by atoms with Crippen LogP contribution >= 0.6 is 0 Å². The van der Waals surface area contributed by atoms with Crippen LogP contribution in [0.5, 0.6) is 5.75 Å². The zero-order chi connectivity index (χ0) is 14.6. The van der Waals surface area contributed by atoms with Crippen LogP contribution < -0.4 is 10.5 Å². The number of hydrogen-bond acceptors (Lipinski definition) is 2. The van der Waals surface area contributed by atoms with Crippen molar-refractivity contribution in [3.05, 3.63) is 29.3 Å². The first-order chi connectivity index (χ1) is 10.1. The van der Waals surface area contributed by atoms with Gasteiger partial charge in [-0.05, 0) is 79.9 Å². The molecule has 21 heavy (non-hydrogen) atoms. The van der Waals surface area contributed by atoms with E-state index in [2.05, 4.69) is 0 Å². The molecule has 0 atom stereocenters. The Morgan fingerprint density at radius 2 is 1.71 bits per heavy atom. The standard InChI is InChI=1S/C18H23NO2/c1-21-16-3-2-14(17(19)20)7-15(16)18-8-11-4-12(9-18)6-13(5-11)10-18/h2-3,7,11-13H,4-6,8-10H2,1H3,(H2,19,20). The van der Waals surface area contributed by atoms with Gasteiger partial charge in [0.1, 0.15) is 5.75 Å². The predicted octanol–water partition coefficient (Wildman–Crippen LogP) is 3.26. The first kappa shape index (κ1) is 13.2. The van der Waals surface area contributed by atoms with E-state index in [4.69, 9.17) is 10.5 Å². The van der Waals surface area contributed by atoms with Crippen molar-refractivity contribution in [1.29, 1.82) is 0 Å². The SMILES string of the molecule is COc1ccc(C(N)=O)cc1C12CC3CC(CC(C3)C1)C2. The largest absolute Gasteiger partial charge is 0.496 e. The van der Waals surface area contributed by atoms with Crippen LogP contribution in [0.4, 0.5) is 0 Å². The molecule has 0 heterocycles. The summed E-state index contributed by atoms with van der Waals surface area (Å²) in [5, 5.41) is 0. The minimum absolute atomic E-state index is 0.228. The molecule has 4 fully saturated rings. The van der Waals surface area contributed by atoms with Gasteiger partial charge >= 0.3 is 0 Å². The highest BCUT2D eigenvalue weighted by atomic mass is 16.5. The number of carbonyl (C=O) groups is 1. The van der Waals surface area contributed by atoms with Gasteiger partial charge in [0.05, 0.1) is 7.11 Å². The van der Waals surface area contributed by atoms with Crippen LogP contribution in [0.25, 0.3) is 0 Å². The summed E-state index contributed by atoms with van der Waals surface area (Å²) in [5.74, 6) is 3.21. The van der Waals surface area contributed by atoms with Gasteiger partial charge in [-0.1, -0.05) is 0 Å². The zero-order valence-electron chi connectivity index (χ0n) is 12.6. The molecule has 4 aliphatic carbocycles. The van der Waals surface area contributed by atoms with E-state index in [0.717, 1.165) is 23.5 Å². The molecule has 0 saturated heterocycles. The molecule has 4 saturated carbocycles. The van der Waals surface area contributed by atoms with Gasteiger partial charge in [0.25, 0.3) is 0 Å². The monoisotopic (exact) mass is 285 g/mol. The summed E-state index contributed by atoms with van der Waals surface area (Å²) in [6.07, 6.45) is 8.03. The first-order valence-corrected chi connectivity index (χ1v) is 8.08. The van der Waals surface area contributed by atoms with E-state index >= 15 is 0 Å². The highest BCUT2D eigenvalue weighted by molar-refractivity contribution is 5.93. The third-order valence-corrected chi connectivity index (χ3v) is 6.09. The number of hydrogen-bond donors (Lipinski definition) is 1. The number of rotatable bonds is 3. The number of benzene rings is 1. The van der Waals surface area contributed by atoms with Crippen LogP contribution in [0.3, 0.4) is 0 Å². The van der Waals surface area contributed by atoms with Crippen LogP contribution in [0.2, 0.25) is 0 Å². The molecule has 2 N–H and O–H groups in total. The van der Waals surface area contributed by atoms with Crippen molar-refractivity contribution in [3.63, 3.8) is 0 Å². The molecule has 3 nitrogen and oxygen atoms in total. The molecule has 0 unspecified atom stereocenters. The van der Waals surface area contributed by atoms with E-state index in [9.17, 15) is 4.79 Å². The Morgan fingerprint density at radius 3 is 2.19 bits per heavy atom. The van der Waals surface area contributed by atoms with E-state index in [0.29, 0.717) is 5.56 Å². The van der Waals surface area contributed by atoms with Gasteiger partial charge in [-0.2, -0.15) is 0 Å². The van der Waals surface area contributed by atoms with E-state index in [1.807, 2.05) is 12.1 Å². The van der Waals surface area contributed by atoms with Crippen molar-refractivity contribution in [1.82, 2.24) is 0 Å². The molecular formula is C18H23NO2. The average molecular weight is 285 g/mol. The molecule has 0 radical (unpaired) electrons. The molecule has 0 aliphatic heterocycles. The second-order valence-electron chi connectivity index (χ2n) is 7.48. The molecule has 4 bridgehead atoms. The predicted molar refractivity (Wildman–Crippen MR) is 81.4 cm³/mol. The van der Waals surface area contributed by atoms with Gasteiger partial charge in [-0.15, -0.1) is 0 Å². The fourth-order valence-electron chi connectivity index (χ4n) is 5.72. The van der Waals surface area contributed by atoms with E-state index in [-0.39, 0.29) is 11.3 Å². The number of ether oxygens (including phenoxy) is 1. The summed E-state index contributed by atoms with van der Waals surface area (Å²) in [4.78, 5) is 11.6. The number of amides is 1. The minimum atomic E-state index is -0.344. The van der Waals surface area contributed by atoms with Crippen molar-refractivity contribution in [2.24, 2.45) is 23.5 Å². The van der Waals surface area contributed by atoms with Gasteiger partial charge in [0.15, 0.2) is 0 Å². The summed E-state index contributed by atoms with van der Waals surface area (Å²) < 4.78 is 5.62. The maximum absolute atomic E-state index is 11.6. The Hall–Kier alpha value is -1.51. The van der Waals surface area contributed by atoms with Crippen LogP contribution in [0.15, 0.2) is 18.2 Å². The van der Waals surface area contributed by atoms with Crippen molar-refractivity contribution in [2.75, 3.05) is 7.11 Å². The Bertz CT molecular complexity index is 558. The molecule has 3 heteroatoms. The third-order valence-electron chi connectivity index (χ3n) is 6.09. The van der Waals surface area contributed by atoms with Crippen LogP contribution in [-0.2, 0) is 5.41 Å². The van der Waals surface area contributed by atoms with Gasteiger partial charge in [-0.3, -0.25) is 4.79 Å². The summed E-state index contributed by atoms with van der Waals surface area (Å²) in [6.45, 7) is 0. The lowest BCUT2D eigenvalue weighted by Crippen LogP contribution is -2.48. The summed E-state index contributed by atoms with van der Waals surface area (Å²) in [5.41, 5.74) is 7.56. The van der Waals surface area contributed by atoms with Gasteiger partial charge in [0, 0.05) is 11.1 Å².